The molecule has 4 nitrogen and oxygen atoms in total. The lowest BCUT2D eigenvalue weighted by molar-refractivity contribution is 0.690. The van der Waals surface area contributed by atoms with Gasteiger partial charge in [0.1, 0.15) is 0 Å². The molecule has 0 radical (unpaired) electrons. The van der Waals surface area contributed by atoms with Gasteiger partial charge in [-0.1, -0.05) is 38.1 Å². The van der Waals surface area contributed by atoms with E-state index in [2.05, 4.69) is 34.6 Å². The highest BCUT2D eigenvalue weighted by molar-refractivity contribution is 5.90. The summed E-state index contributed by atoms with van der Waals surface area (Å²) in [5, 5.41) is 14.2. The van der Waals surface area contributed by atoms with Crippen LogP contribution in [-0.4, -0.2) is 16.4 Å². The van der Waals surface area contributed by atoms with E-state index in [-0.39, 0.29) is 0 Å². The fraction of sp³-hybridized carbons (Fsp3) is 0.308. The summed E-state index contributed by atoms with van der Waals surface area (Å²) in [6, 6.07) is 7.97. The van der Waals surface area contributed by atoms with E-state index in [1.165, 1.54) is 0 Å². The molecule has 0 bridgehead atoms. The Morgan fingerprint density at radius 1 is 1.35 bits per heavy atom. The molecule has 1 N–H and O–H groups in total. The number of nitrogens with one attached hydrogen (secondary N) is 1. The Bertz CT molecular complexity index is 514. The minimum Gasteiger partial charge on any atom is -0.260 e. The van der Waals surface area contributed by atoms with Crippen molar-refractivity contribution >= 4 is 22.8 Å². The first-order valence-corrected chi connectivity index (χ1v) is 5.75. The second kappa shape index (κ2) is 5.39. The highest BCUT2D eigenvalue weighted by Crippen LogP contribution is 2.18. The minimum atomic E-state index is 0.610. The lowest BCUT2D eigenvalue weighted by Gasteiger charge is -2.03. The molecule has 0 spiro atoms. The molecule has 4 heteroatoms. The van der Waals surface area contributed by atoms with Crippen molar-refractivity contribution in [2.75, 3.05) is 5.43 Å². The average molecular weight is 228 g/mol. The van der Waals surface area contributed by atoms with Gasteiger partial charge in [0.2, 0.25) is 0 Å². The largest absolute Gasteiger partial charge is 0.260 e. The van der Waals surface area contributed by atoms with Crippen molar-refractivity contribution in [2.24, 2.45) is 11.0 Å². The first kappa shape index (κ1) is 11.5. The summed E-state index contributed by atoms with van der Waals surface area (Å²) in [6.07, 6.45) is 4.57. The highest BCUT2D eigenvalue weighted by atomic mass is 15.3. The molecule has 0 fully saturated rings. The quantitative estimate of drug-likeness (QED) is 0.646. The number of nitrogens with zero attached hydrogens (tertiary/aromatic N) is 3. The normalized spacial score (nSPS) is 11.5. The summed E-state index contributed by atoms with van der Waals surface area (Å²) in [5.41, 5.74) is 2.94. The molecule has 2 aromatic rings. The molecule has 88 valence electrons. The van der Waals surface area contributed by atoms with Gasteiger partial charge in [0.25, 0.3) is 0 Å². The predicted octanol–water partition coefficient (Wildman–Crippen LogP) is 3.07. The fourth-order valence-corrected chi connectivity index (χ4v) is 1.48. The second-order valence-electron chi connectivity index (χ2n) is 4.33. The standard InChI is InChI=1S/C13H16N4/c1-10(2)7-8-14-16-13-12-6-4-3-5-11(12)9-15-17-13/h3-6,8-10H,7H2,1-2H3,(H,16,17)/b14-8-. The highest BCUT2D eigenvalue weighted by Gasteiger charge is 2.00. The van der Waals surface area contributed by atoms with Gasteiger partial charge in [-0.3, -0.25) is 5.43 Å². The van der Waals surface area contributed by atoms with Crippen LogP contribution in [0, 0.1) is 5.92 Å². The summed E-state index contributed by atoms with van der Waals surface area (Å²) in [6.45, 7) is 4.31. The number of hydrogen-bond acceptors (Lipinski definition) is 4. The maximum atomic E-state index is 4.15. The first-order valence-electron chi connectivity index (χ1n) is 5.75. The Labute approximate surface area is 101 Å². The molecule has 1 aromatic heterocycles. The van der Waals surface area contributed by atoms with Gasteiger partial charge in [-0.2, -0.15) is 10.2 Å². The Morgan fingerprint density at radius 2 is 2.18 bits per heavy atom. The van der Waals surface area contributed by atoms with E-state index in [4.69, 9.17) is 0 Å². The van der Waals surface area contributed by atoms with E-state index in [1.54, 1.807) is 6.20 Å². The number of hydrogen-bond donors (Lipinski definition) is 1. The summed E-state index contributed by atoms with van der Waals surface area (Å²) in [4.78, 5) is 0. The van der Waals surface area contributed by atoms with Crippen LogP contribution in [0.1, 0.15) is 20.3 Å². The Kier molecular flexibility index (Phi) is 3.65. The van der Waals surface area contributed by atoms with Gasteiger partial charge in [0.15, 0.2) is 5.82 Å². The summed E-state index contributed by atoms with van der Waals surface area (Å²) < 4.78 is 0. The fourth-order valence-electron chi connectivity index (χ4n) is 1.48. The lowest BCUT2D eigenvalue weighted by atomic mass is 10.2. The molecule has 0 aliphatic carbocycles. The van der Waals surface area contributed by atoms with Crippen molar-refractivity contribution in [2.45, 2.75) is 20.3 Å². The van der Waals surface area contributed by atoms with E-state index in [9.17, 15) is 0 Å². The van der Waals surface area contributed by atoms with Crippen LogP contribution in [0.25, 0.3) is 10.8 Å². The summed E-state index contributed by atoms with van der Waals surface area (Å²) in [5.74, 6) is 1.31. The number of rotatable bonds is 4. The number of benzene rings is 1. The van der Waals surface area contributed by atoms with Crippen LogP contribution in [0.3, 0.4) is 0 Å². The number of anilines is 1. The van der Waals surface area contributed by atoms with E-state index >= 15 is 0 Å². The zero-order chi connectivity index (χ0) is 12.1. The maximum Gasteiger partial charge on any atom is 0.176 e. The van der Waals surface area contributed by atoms with Crippen molar-refractivity contribution in [3.05, 3.63) is 30.5 Å². The number of fused-ring (bicyclic) bond motifs is 1. The van der Waals surface area contributed by atoms with E-state index in [1.807, 2.05) is 30.5 Å². The minimum absolute atomic E-state index is 0.610. The third-order valence-electron chi connectivity index (χ3n) is 2.41. The van der Waals surface area contributed by atoms with Gasteiger partial charge >= 0.3 is 0 Å². The molecule has 1 heterocycles. The van der Waals surface area contributed by atoms with Gasteiger partial charge in [-0.15, -0.1) is 5.10 Å². The molecular formula is C13H16N4. The monoisotopic (exact) mass is 228 g/mol. The van der Waals surface area contributed by atoms with Crippen LogP contribution in [0.4, 0.5) is 5.82 Å². The second-order valence-corrected chi connectivity index (χ2v) is 4.33. The van der Waals surface area contributed by atoms with Crippen molar-refractivity contribution in [3.63, 3.8) is 0 Å². The van der Waals surface area contributed by atoms with E-state index in [0.29, 0.717) is 11.7 Å². The van der Waals surface area contributed by atoms with E-state index in [0.717, 1.165) is 17.2 Å². The zero-order valence-corrected chi connectivity index (χ0v) is 10.1. The van der Waals surface area contributed by atoms with Crippen LogP contribution in [-0.2, 0) is 0 Å². The Morgan fingerprint density at radius 3 is 3.00 bits per heavy atom. The van der Waals surface area contributed by atoms with Gasteiger partial charge in [0.05, 0.1) is 6.20 Å². The maximum absolute atomic E-state index is 4.15. The molecule has 0 amide bonds. The first-order chi connectivity index (χ1) is 8.27. The number of hydrazone groups is 1. The molecule has 0 atom stereocenters. The average Bonchev–Trinajstić information content (AvgIpc) is 2.34. The van der Waals surface area contributed by atoms with Crippen molar-refractivity contribution in [1.29, 1.82) is 0 Å². The summed E-state index contributed by atoms with van der Waals surface area (Å²) >= 11 is 0. The molecule has 0 saturated heterocycles. The molecule has 0 saturated carbocycles. The van der Waals surface area contributed by atoms with Gasteiger partial charge in [-0.25, -0.2) is 0 Å². The third kappa shape index (κ3) is 3.00. The van der Waals surface area contributed by atoms with Crippen molar-refractivity contribution < 1.29 is 0 Å². The van der Waals surface area contributed by atoms with Crippen molar-refractivity contribution in [3.8, 4) is 0 Å². The molecule has 0 unspecified atom stereocenters. The smallest absolute Gasteiger partial charge is 0.176 e. The molecular weight excluding hydrogens is 212 g/mol. The topological polar surface area (TPSA) is 50.2 Å². The van der Waals surface area contributed by atoms with Crippen LogP contribution in [0.15, 0.2) is 35.6 Å². The lowest BCUT2D eigenvalue weighted by Crippen LogP contribution is -1.97. The van der Waals surface area contributed by atoms with Crippen molar-refractivity contribution in [1.82, 2.24) is 10.2 Å². The van der Waals surface area contributed by atoms with E-state index < -0.39 is 0 Å². The van der Waals surface area contributed by atoms with Gasteiger partial charge < -0.3 is 0 Å². The van der Waals surface area contributed by atoms with Crippen LogP contribution < -0.4 is 5.43 Å². The molecule has 0 aliphatic rings. The SMILES string of the molecule is CC(C)C/C=N\Nc1nncc2ccccc12. The molecule has 17 heavy (non-hydrogen) atoms. The third-order valence-corrected chi connectivity index (χ3v) is 2.41. The Balaban J connectivity index is 2.16. The van der Waals surface area contributed by atoms with Gasteiger partial charge in [-0.05, 0) is 12.3 Å². The molecule has 0 aliphatic heterocycles. The summed E-state index contributed by atoms with van der Waals surface area (Å²) in [7, 11) is 0. The Hall–Kier alpha value is -1.97. The number of aromatic nitrogens is 2. The molecule has 2 rings (SSSR count). The predicted molar refractivity (Wildman–Crippen MR) is 71.1 cm³/mol. The molecule has 1 aromatic carbocycles. The van der Waals surface area contributed by atoms with Crippen LogP contribution in [0.2, 0.25) is 0 Å². The van der Waals surface area contributed by atoms with Crippen LogP contribution >= 0.6 is 0 Å². The van der Waals surface area contributed by atoms with Gasteiger partial charge in [0, 0.05) is 17.0 Å². The zero-order valence-electron chi connectivity index (χ0n) is 10.1. The van der Waals surface area contributed by atoms with Crippen LogP contribution in [0.5, 0.6) is 0 Å².